The van der Waals surface area contributed by atoms with Crippen LogP contribution in [0.5, 0.6) is 0 Å². The Morgan fingerprint density at radius 1 is 1.30 bits per heavy atom. The van der Waals surface area contributed by atoms with Gasteiger partial charge in [-0.1, -0.05) is 12.1 Å². The van der Waals surface area contributed by atoms with Crippen LogP contribution in [0.1, 0.15) is 39.1 Å². The Morgan fingerprint density at radius 2 is 2.17 bits per heavy atom. The molecule has 2 aromatic rings. The number of thiophene rings is 1. The maximum atomic E-state index is 13.0. The first kappa shape index (κ1) is 14.7. The summed E-state index contributed by atoms with van der Waals surface area (Å²) in [5.74, 6) is 0.0888. The monoisotopic (exact) mass is 328 g/mol. The molecule has 23 heavy (non-hydrogen) atoms. The fourth-order valence-electron chi connectivity index (χ4n) is 3.31. The van der Waals surface area contributed by atoms with Crippen molar-refractivity contribution < 1.29 is 9.53 Å². The third kappa shape index (κ3) is 2.75. The van der Waals surface area contributed by atoms with E-state index in [1.807, 2.05) is 29.2 Å². The number of anilines is 1. The third-order valence-corrected chi connectivity index (χ3v) is 5.53. The van der Waals surface area contributed by atoms with Crippen molar-refractivity contribution in [3.8, 4) is 0 Å². The molecule has 0 radical (unpaired) electrons. The van der Waals surface area contributed by atoms with Crippen LogP contribution < -0.4 is 5.32 Å². The zero-order chi connectivity index (χ0) is 15.8. The smallest absolute Gasteiger partial charge is 0.257 e. The number of para-hydroxylation sites is 1. The molecule has 0 aliphatic carbocycles. The largest absolute Gasteiger partial charge is 0.376 e. The van der Waals surface area contributed by atoms with Gasteiger partial charge in [0.1, 0.15) is 6.17 Å². The molecular formula is C18H20N2O2S. The summed E-state index contributed by atoms with van der Waals surface area (Å²) in [6.07, 6.45) is 2.15. The highest BCUT2D eigenvalue weighted by molar-refractivity contribution is 7.12. The normalized spacial score (nSPS) is 23.7. The van der Waals surface area contributed by atoms with Crippen molar-refractivity contribution in [1.82, 2.24) is 4.90 Å². The van der Waals surface area contributed by atoms with Crippen LogP contribution in [-0.4, -0.2) is 30.1 Å². The molecule has 4 nitrogen and oxygen atoms in total. The van der Waals surface area contributed by atoms with Gasteiger partial charge in [0, 0.05) is 28.6 Å². The minimum Gasteiger partial charge on any atom is -0.376 e. The predicted molar refractivity (Wildman–Crippen MR) is 91.9 cm³/mol. The van der Waals surface area contributed by atoms with Crippen molar-refractivity contribution in [3.63, 3.8) is 0 Å². The standard InChI is InChI=1S/C18H20N2O2S/c1-12-8-9-16(23-12)17-19-15-7-3-2-6-14(15)18(21)20(17)11-13-5-4-10-22-13/h2-3,6-9,13,17,19H,4-5,10-11H2,1H3/t13-,17+/m0/s1. The Bertz CT molecular complexity index is 721. The first-order valence-electron chi connectivity index (χ1n) is 8.07. The zero-order valence-corrected chi connectivity index (χ0v) is 13.9. The van der Waals surface area contributed by atoms with Gasteiger partial charge in [0.2, 0.25) is 0 Å². The van der Waals surface area contributed by atoms with Gasteiger partial charge in [-0.25, -0.2) is 0 Å². The fourth-order valence-corrected chi connectivity index (χ4v) is 4.26. The number of fused-ring (bicyclic) bond motifs is 1. The van der Waals surface area contributed by atoms with Gasteiger partial charge in [0.05, 0.1) is 11.7 Å². The number of rotatable bonds is 3. The SMILES string of the molecule is Cc1ccc([C@@H]2Nc3ccccc3C(=O)N2C[C@@H]2CCCO2)s1. The lowest BCUT2D eigenvalue weighted by molar-refractivity contribution is 0.0430. The van der Waals surface area contributed by atoms with Crippen molar-refractivity contribution in [2.45, 2.75) is 32.0 Å². The zero-order valence-electron chi connectivity index (χ0n) is 13.1. The molecule has 1 amide bonds. The van der Waals surface area contributed by atoms with Gasteiger partial charge < -0.3 is 15.0 Å². The topological polar surface area (TPSA) is 41.6 Å². The number of hydrogen-bond acceptors (Lipinski definition) is 4. The summed E-state index contributed by atoms with van der Waals surface area (Å²) in [7, 11) is 0. The Morgan fingerprint density at radius 3 is 2.91 bits per heavy atom. The van der Waals surface area contributed by atoms with Gasteiger partial charge in [0.25, 0.3) is 5.91 Å². The molecule has 0 unspecified atom stereocenters. The highest BCUT2D eigenvalue weighted by atomic mass is 32.1. The van der Waals surface area contributed by atoms with E-state index in [9.17, 15) is 4.79 Å². The summed E-state index contributed by atoms with van der Waals surface area (Å²) in [6.45, 7) is 3.54. The predicted octanol–water partition coefficient (Wildman–Crippen LogP) is 3.80. The summed E-state index contributed by atoms with van der Waals surface area (Å²) in [5, 5.41) is 3.54. The molecular weight excluding hydrogens is 308 g/mol. The second-order valence-electron chi connectivity index (χ2n) is 6.13. The van der Waals surface area contributed by atoms with Crippen LogP contribution >= 0.6 is 11.3 Å². The number of carbonyl (C=O) groups is 1. The average molecular weight is 328 g/mol. The van der Waals surface area contributed by atoms with E-state index >= 15 is 0 Å². The van der Waals surface area contributed by atoms with Crippen molar-refractivity contribution in [2.75, 3.05) is 18.5 Å². The van der Waals surface area contributed by atoms with E-state index in [0.29, 0.717) is 6.54 Å². The molecule has 1 aromatic carbocycles. The van der Waals surface area contributed by atoms with Crippen molar-refractivity contribution in [3.05, 3.63) is 51.7 Å². The molecule has 3 heterocycles. The van der Waals surface area contributed by atoms with Crippen LogP contribution in [0.2, 0.25) is 0 Å². The Hall–Kier alpha value is -1.85. The number of amides is 1. The Balaban J connectivity index is 1.70. The van der Waals surface area contributed by atoms with E-state index in [2.05, 4.69) is 24.4 Å². The summed E-state index contributed by atoms with van der Waals surface area (Å²) >= 11 is 1.74. The molecule has 2 aliphatic heterocycles. The lowest BCUT2D eigenvalue weighted by atomic mass is 10.1. The maximum absolute atomic E-state index is 13.0. The van der Waals surface area contributed by atoms with Gasteiger partial charge in [-0.3, -0.25) is 4.79 Å². The van der Waals surface area contributed by atoms with E-state index in [0.717, 1.165) is 30.7 Å². The van der Waals surface area contributed by atoms with Gasteiger partial charge >= 0.3 is 0 Å². The highest BCUT2D eigenvalue weighted by Crippen LogP contribution is 2.36. The first-order valence-corrected chi connectivity index (χ1v) is 8.88. The molecule has 2 atom stereocenters. The van der Waals surface area contributed by atoms with Crippen molar-refractivity contribution >= 4 is 22.9 Å². The molecule has 0 bridgehead atoms. The molecule has 0 saturated carbocycles. The number of aryl methyl sites for hydroxylation is 1. The lowest BCUT2D eigenvalue weighted by Gasteiger charge is -2.38. The fraction of sp³-hybridized carbons (Fsp3) is 0.389. The molecule has 120 valence electrons. The van der Waals surface area contributed by atoms with E-state index in [-0.39, 0.29) is 18.2 Å². The van der Waals surface area contributed by atoms with Crippen molar-refractivity contribution in [2.24, 2.45) is 0 Å². The minimum absolute atomic E-state index is 0.0888. The van der Waals surface area contributed by atoms with Crippen LogP contribution in [0.3, 0.4) is 0 Å². The third-order valence-electron chi connectivity index (χ3n) is 4.48. The van der Waals surface area contributed by atoms with Crippen LogP contribution in [0, 0.1) is 6.92 Å². The maximum Gasteiger partial charge on any atom is 0.257 e. The van der Waals surface area contributed by atoms with Gasteiger partial charge in [-0.15, -0.1) is 11.3 Å². The quantitative estimate of drug-likeness (QED) is 0.932. The van der Waals surface area contributed by atoms with Crippen LogP contribution in [0.25, 0.3) is 0 Å². The molecule has 5 heteroatoms. The molecule has 1 saturated heterocycles. The molecule has 1 aromatic heterocycles. The summed E-state index contributed by atoms with van der Waals surface area (Å²) < 4.78 is 5.76. The minimum atomic E-state index is -0.111. The number of ether oxygens (including phenoxy) is 1. The second-order valence-corrected chi connectivity index (χ2v) is 7.45. The Labute approximate surface area is 140 Å². The van der Waals surface area contributed by atoms with Crippen molar-refractivity contribution in [1.29, 1.82) is 0 Å². The van der Waals surface area contributed by atoms with Crippen LogP contribution in [0.15, 0.2) is 36.4 Å². The summed E-state index contributed by atoms with van der Waals surface area (Å²) in [5.41, 5.74) is 1.66. The lowest BCUT2D eigenvalue weighted by Crippen LogP contribution is -2.46. The first-order chi connectivity index (χ1) is 11.2. The number of benzene rings is 1. The summed E-state index contributed by atoms with van der Waals surface area (Å²) in [4.78, 5) is 17.4. The second kappa shape index (κ2) is 5.98. The van der Waals surface area contributed by atoms with E-state index in [1.54, 1.807) is 11.3 Å². The molecule has 4 rings (SSSR count). The number of hydrogen-bond donors (Lipinski definition) is 1. The van der Waals surface area contributed by atoms with Gasteiger partial charge in [-0.05, 0) is 44.0 Å². The molecule has 1 N–H and O–H groups in total. The van der Waals surface area contributed by atoms with Crippen LogP contribution in [-0.2, 0) is 4.74 Å². The highest BCUT2D eigenvalue weighted by Gasteiger charge is 2.35. The molecule has 0 spiro atoms. The number of nitrogens with one attached hydrogen (secondary N) is 1. The average Bonchev–Trinajstić information content (AvgIpc) is 3.21. The van der Waals surface area contributed by atoms with E-state index < -0.39 is 0 Å². The summed E-state index contributed by atoms with van der Waals surface area (Å²) in [6, 6.07) is 12.0. The van der Waals surface area contributed by atoms with E-state index in [1.165, 1.54) is 9.75 Å². The van der Waals surface area contributed by atoms with E-state index in [4.69, 9.17) is 4.74 Å². The number of carbonyl (C=O) groups excluding carboxylic acids is 1. The number of nitrogens with zero attached hydrogens (tertiary/aromatic N) is 1. The van der Waals surface area contributed by atoms with Gasteiger partial charge in [0.15, 0.2) is 0 Å². The van der Waals surface area contributed by atoms with Gasteiger partial charge in [-0.2, -0.15) is 0 Å². The van der Waals surface area contributed by atoms with Crippen LogP contribution in [0.4, 0.5) is 5.69 Å². The Kier molecular flexibility index (Phi) is 3.83. The molecule has 2 aliphatic rings. The molecule has 1 fully saturated rings.